The van der Waals surface area contributed by atoms with E-state index in [1.807, 2.05) is 0 Å². The Morgan fingerprint density at radius 1 is 0.500 bits per heavy atom. The lowest BCUT2D eigenvalue weighted by Crippen LogP contribution is -1.93. The molecule has 0 bridgehead atoms. The molecule has 2 N–H and O–H groups in total. The van der Waals surface area contributed by atoms with Gasteiger partial charge in [-0.05, 0) is 19.3 Å². The van der Waals surface area contributed by atoms with E-state index in [1.165, 1.54) is 102 Å². The Morgan fingerprint density at radius 2 is 0.821 bits per heavy atom. The van der Waals surface area contributed by atoms with E-state index in [0.29, 0.717) is 6.42 Å². The monoisotopic (exact) mass is 396 g/mol. The van der Waals surface area contributed by atoms with Crippen molar-refractivity contribution in [3.05, 3.63) is 12.2 Å². The molecule has 0 saturated carbocycles. The summed E-state index contributed by atoms with van der Waals surface area (Å²) in [7, 11) is 0. The first kappa shape index (κ1) is 26.7. The summed E-state index contributed by atoms with van der Waals surface area (Å²) in [6.07, 6.45) is 27.1. The summed E-state index contributed by atoms with van der Waals surface area (Å²) < 4.78 is 0. The molecule has 0 aromatic carbocycles. The second-order valence-electron chi connectivity index (χ2n) is 8.04. The summed E-state index contributed by atoms with van der Waals surface area (Å²) in [6.45, 7) is 0. The van der Waals surface area contributed by atoms with Gasteiger partial charge in [0, 0.05) is 12.5 Å². The Labute approximate surface area is 172 Å². The van der Waals surface area contributed by atoms with Gasteiger partial charge in [-0.15, -0.1) is 0 Å². The number of allylic oxidation sites excluding steroid dienone is 1. The fourth-order valence-corrected chi connectivity index (χ4v) is 3.55. The first-order valence-electron chi connectivity index (χ1n) is 11.7. The van der Waals surface area contributed by atoms with Gasteiger partial charge in [-0.25, -0.2) is 4.79 Å². The van der Waals surface area contributed by atoms with Gasteiger partial charge in [0.1, 0.15) is 0 Å². The van der Waals surface area contributed by atoms with Crippen molar-refractivity contribution >= 4 is 11.9 Å². The molecule has 0 unspecified atom stereocenters. The zero-order valence-corrected chi connectivity index (χ0v) is 18.0. The number of carbonyl (C=O) groups is 2. The third kappa shape index (κ3) is 24.7. The van der Waals surface area contributed by atoms with E-state index in [0.717, 1.165) is 25.7 Å². The summed E-state index contributed by atoms with van der Waals surface area (Å²) in [5, 5.41) is 17.1. The topological polar surface area (TPSA) is 74.6 Å². The van der Waals surface area contributed by atoms with E-state index in [2.05, 4.69) is 0 Å². The highest BCUT2D eigenvalue weighted by molar-refractivity contribution is 5.79. The van der Waals surface area contributed by atoms with Crippen molar-refractivity contribution in [1.29, 1.82) is 0 Å². The van der Waals surface area contributed by atoms with Crippen LogP contribution in [0.3, 0.4) is 0 Å². The van der Waals surface area contributed by atoms with Gasteiger partial charge in [-0.2, -0.15) is 0 Å². The molecule has 0 aromatic heterocycles. The SMILES string of the molecule is O=C(O)/C=C/CCCCCCCCCCCCCCCCCCCCC(=O)O. The Balaban J connectivity index is 3.05. The van der Waals surface area contributed by atoms with Crippen LogP contribution in [0.15, 0.2) is 12.2 Å². The van der Waals surface area contributed by atoms with E-state index in [4.69, 9.17) is 10.2 Å². The first-order valence-corrected chi connectivity index (χ1v) is 11.7. The number of hydrogen-bond acceptors (Lipinski definition) is 2. The average molecular weight is 397 g/mol. The number of hydrogen-bond donors (Lipinski definition) is 2. The molecule has 0 fully saturated rings. The van der Waals surface area contributed by atoms with E-state index < -0.39 is 11.9 Å². The van der Waals surface area contributed by atoms with E-state index in [1.54, 1.807) is 6.08 Å². The van der Waals surface area contributed by atoms with Gasteiger partial charge in [0.2, 0.25) is 0 Å². The number of rotatable bonds is 22. The summed E-state index contributed by atoms with van der Waals surface area (Å²) in [6, 6.07) is 0. The highest BCUT2D eigenvalue weighted by atomic mass is 16.4. The minimum atomic E-state index is -0.846. The van der Waals surface area contributed by atoms with Crippen LogP contribution in [0.25, 0.3) is 0 Å². The van der Waals surface area contributed by atoms with Crippen molar-refractivity contribution < 1.29 is 19.8 Å². The Kier molecular flexibility index (Phi) is 20.9. The number of carboxylic acid groups (broad SMARTS) is 2. The number of aliphatic carboxylic acids is 2. The van der Waals surface area contributed by atoms with E-state index in [-0.39, 0.29) is 0 Å². The normalized spacial score (nSPS) is 11.3. The highest BCUT2D eigenvalue weighted by Crippen LogP contribution is 2.14. The summed E-state index contributed by atoms with van der Waals surface area (Å²) >= 11 is 0. The van der Waals surface area contributed by atoms with Crippen molar-refractivity contribution in [2.45, 2.75) is 128 Å². The molecule has 4 nitrogen and oxygen atoms in total. The van der Waals surface area contributed by atoms with Gasteiger partial charge >= 0.3 is 11.9 Å². The summed E-state index contributed by atoms with van der Waals surface area (Å²) in [5.41, 5.74) is 0. The summed E-state index contributed by atoms with van der Waals surface area (Å²) in [5.74, 6) is -1.51. The largest absolute Gasteiger partial charge is 0.481 e. The smallest absolute Gasteiger partial charge is 0.327 e. The van der Waals surface area contributed by atoms with Crippen molar-refractivity contribution in [3.63, 3.8) is 0 Å². The fourth-order valence-electron chi connectivity index (χ4n) is 3.55. The first-order chi connectivity index (χ1) is 13.6. The minimum absolute atomic E-state index is 0.327. The molecule has 28 heavy (non-hydrogen) atoms. The third-order valence-electron chi connectivity index (χ3n) is 5.27. The minimum Gasteiger partial charge on any atom is -0.481 e. The molecular weight excluding hydrogens is 352 g/mol. The van der Waals surface area contributed by atoms with E-state index >= 15 is 0 Å². The van der Waals surface area contributed by atoms with Gasteiger partial charge < -0.3 is 10.2 Å². The molecule has 0 heterocycles. The average Bonchev–Trinajstić information content (AvgIpc) is 2.65. The molecular formula is C24H44O4. The predicted molar refractivity (Wildman–Crippen MR) is 117 cm³/mol. The lowest BCUT2D eigenvalue weighted by atomic mass is 10.0. The molecule has 0 radical (unpaired) electrons. The molecule has 164 valence electrons. The van der Waals surface area contributed by atoms with Gasteiger partial charge in [0.05, 0.1) is 0 Å². The van der Waals surface area contributed by atoms with Crippen LogP contribution in [0.2, 0.25) is 0 Å². The van der Waals surface area contributed by atoms with Crippen LogP contribution in [0.1, 0.15) is 128 Å². The Hall–Kier alpha value is -1.32. The number of carboxylic acids is 2. The van der Waals surface area contributed by atoms with Crippen LogP contribution in [0.5, 0.6) is 0 Å². The molecule has 4 heteroatoms. The second-order valence-corrected chi connectivity index (χ2v) is 8.04. The van der Waals surface area contributed by atoms with E-state index in [9.17, 15) is 9.59 Å². The van der Waals surface area contributed by atoms with Crippen molar-refractivity contribution in [2.75, 3.05) is 0 Å². The Bertz CT molecular complexity index is 390. The standard InChI is InChI=1S/C24H44O4/c25-23(26)21-19-17-15-13-11-9-7-5-3-1-2-4-6-8-10-12-14-16-18-20-22-24(27)28/h19,21H,1-18,20,22H2,(H,25,26)(H,27,28)/b21-19+. The maximum absolute atomic E-state index is 10.4. The van der Waals surface area contributed by atoms with Crippen molar-refractivity contribution in [2.24, 2.45) is 0 Å². The fraction of sp³-hybridized carbons (Fsp3) is 0.833. The number of unbranched alkanes of at least 4 members (excludes halogenated alkanes) is 18. The summed E-state index contributed by atoms with van der Waals surface area (Å²) in [4.78, 5) is 20.7. The molecule has 0 atom stereocenters. The molecule has 0 aliphatic rings. The molecule has 0 aliphatic heterocycles. The Morgan fingerprint density at radius 3 is 1.14 bits per heavy atom. The van der Waals surface area contributed by atoms with Gasteiger partial charge in [-0.3, -0.25) is 4.79 Å². The van der Waals surface area contributed by atoms with Crippen LogP contribution >= 0.6 is 0 Å². The lowest BCUT2D eigenvalue weighted by molar-refractivity contribution is -0.137. The predicted octanol–water partition coefficient (Wildman–Crippen LogP) is 7.51. The van der Waals surface area contributed by atoms with Crippen LogP contribution < -0.4 is 0 Å². The van der Waals surface area contributed by atoms with Crippen molar-refractivity contribution in [3.8, 4) is 0 Å². The maximum atomic E-state index is 10.4. The van der Waals surface area contributed by atoms with Crippen molar-refractivity contribution in [1.82, 2.24) is 0 Å². The second kappa shape index (κ2) is 22.0. The molecule has 0 aliphatic carbocycles. The van der Waals surface area contributed by atoms with Gasteiger partial charge in [-0.1, -0.05) is 109 Å². The zero-order chi connectivity index (χ0) is 20.7. The lowest BCUT2D eigenvalue weighted by Gasteiger charge is -2.03. The zero-order valence-electron chi connectivity index (χ0n) is 18.0. The van der Waals surface area contributed by atoms with Crippen LogP contribution in [0, 0.1) is 0 Å². The highest BCUT2D eigenvalue weighted by Gasteiger charge is 1.97. The quantitative estimate of drug-likeness (QED) is 0.147. The van der Waals surface area contributed by atoms with Gasteiger partial charge in [0.25, 0.3) is 0 Å². The third-order valence-corrected chi connectivity index (χ3v) is 5.27. The van der Waals surface area contributed by atoms with Crippen LogP contribution in [-0.2, 0) is 9.59 Å². The molecule has 0 spiro atoms. The van der Waals surface area contributed by atoms with Crippen LogP contribution in [0.4, 0.5) is 0 Å². The van der Waals surface area contributed by atoms with Gasteiger partial charge in [0.15, 0.2) is 0 Å². The molecule has 0 aromatic rings. The molecule has 0 amide bonds. The maximum Gasteiger partial charge on any atom is 0.327 e. The molecule has 0 saturated heterocycles. The van der Waals surface area contributed by atoms with Crippen LogP contribution in [-0.4, -0.2) is 22.2 Å². The molecule has 0 rings (SSSR count).